The van der Waals surface area contributed by atoms with E-state index in [2.05, 4.69) is 0 Å². The highest BCUT2D eigenvalue weighted by Gasteiger charge is 2.21. The Hall–Kier alpha value is -0.970. The lowest BCUT2D eigenvalue weighted by molar-refractivity contribution is -0.134. The van der Waals surface area contributed by atoms with Crippen LogP contribution in [0.2, 0.25) is 10.0 Å². The van der Waals surface area contributed by atoms with Crippen LogP contribution in [-0.4, -0.2) is 36.5 Å². The van der Waals surface area contributed by atoms with Crippen LogP contribution in [0.3, 0.4) is 0 Å². The van der Waals surface area contributed by atoms with Crippen LogP contribution in [-0.2, 0) is 4.79 Å². The molecule has 1 saturated heterocycles. The van der Waals surface area contributed by atoms with E-state index in [4.69, 9.17) is 33.7 Å². The van der Waals surface area contributed by atoms with Crippen molar-refractivity contribution < 1.29 is 9.53 Å². The van der Waals surface area contributed by atoms with Gasteiger partial charge >= 0.3 is 0 Å². The average Bonchev–Trinajstić information content (AvgIpc) is 2.39. The largest absolute Gasteiger partial charge is 0.482 e. The van der Waals surface area contributed by atoms with Crippen molar-refractivity contribution in [1.29, 1.82) is 0 Å². The number of hydrogen-bond acceptors (Lipinski definition) is 3. The van der Waals surface area contributed by atoms with Gasteiger partial charge in [0.25, 0.3) is 5.91 Å². The second-order valence-corrected chi connectivity index (χ2v) is 5.45. The number of benzene rings is 1. The van der Waals surface area contributed by atoms with Gasteiger partial charge in [-0.25, -0.2) is 0 Å². The Morgan fingerprint density at radius 2 is 2.26 bits per heavy atom. The summed E-state index contributed by atoms with van der Waals surface area (Å²) in [5, 5.41) is 0.958. The molecule has 2 rings (SSSR count). The van der Waals surface area contributed by atoms with Crippen molar-refractivity contribution in [3.8, 4) is 5.75 Å². The Labute approximate surface area is 122 Å². The lowest BCUT2D eigenvalue weighted by atomic mass is 10.1. The Kier molecular flexibility index (Phi) is 4.91. The normalized spacial score (nSPS) is 19.3. The number of hydrogen-bond donors (Lipinski definition) is 1. The number of ether oxygens (including phenoxy) is 1. The Morgan fingerprint density at radius 1 is 1.47 bits per heavy atom. The average molecular weight is 303 g/mol. The number of rotatable bonds is 3. The quantitative estimate of drug-likeness (QED) is 0.932. The number of piperidine rings is 1. The molecule has 1 aliphatic rings. The molecule has 104 valence electrons. The van der Waals surface area contributed by atoms with Crippen LogP contribution in [0.5, 0.6) is 5.75 Å². The summed E-state index contributed by atoms with van der Waals surface area (Å²) in [5.41, 5.74) is 5.84. The molecule has 0 bridgehead atoms. The first-order valence-electron chi connectivity index (χ1n) is 6.17. The van der Waals surface area contributed by atoms with Crippen molar-refractivity contribution in [2.45, 2.75) is 18.9 Å². The summed E-state index contributed by atoms with van der Waals surface area (Å²) in [4.78, 5) is 13.7. The van der Waals surface area contributed by atoms with E-state index in [9.17, 15) is 4.79 Å². The lowest BCUT2D eigenvalue weighted by Crippen LogP contribution is -2.47. The van der Waals surface area contributed by atoms with Crippen molar-refractivity contribution in [3.05, 3.63) is 28.2 Å². The first kappa shape index (κ1) is 14.4. The third-order valence-corrected chi connectivity index (χ3v) is 3.60. The minimum absolute atomic E-state index is 0.0488. The molecular formula is C13H16Cl2N2O2. The van der Waals surface area contributed by atoms with E-state index >= 15 is 0 Å². The van der Waals surface area contributed by atoms with Crippen molar-refractivity contribution in [1.82, 2.24) is 4.90 Å². The predicted molar refractivity (Wildman–Crippen MR) is 75.7 cm³/mol. The molecular weight excluding hydrogens is 287 g/mol. The smallest absolute Gasteiger partial charge is 0.260 e. The summed E-state index contributed by atoms with van der Waals surface area (Å²) in [5.74, 6) is 0.343. The molecule has 6 heteroatoms. The van der Waals surface area contributed by atoms with Crippen LogP contribution in [0, 0.1) is 0 Å². The van der Waals surface area contributed by atoms with Gasteiger partial charge in [0.2, 0.25) is 0 Å². The van der Waals surface area contributed by atoms with E-state index in [1.165, 1.54) is 0 Å². The molecule has 0 saturated carbocycles. The molecule has 2 N–H and O–H groups in total. The maximum atomic E-state index is 12.0. The van der Waals surface area contributed by atoms with Crippen LogP contribution < -0.4 is 10.5 Å². The first-order chi connectivity index (χ1) is 9.06. The molecule has 1 aliphatic heterocycles. The molecule has 1 fully saturated rings. The van der Waals surface area contributed by atoms with Gasteiger partial charge in [0.15, 0.2) is 6.61 Å². The van der Waals surface area contributed by atoms with E-state index in [0.717, 1.165) is 19.4 Å². The van der Waals surface area contributed by atoms with Crippen LogP contribution in [0.1, 0.15) is 12.8 Å². The van der Waals surface area contributed by atoms with Gasteiger partial charge in [0.1, 0.15) is 5.75 Å². The molecule has 0 radical (unpaired) electrons. The fraction of sp³-hybridized carbons (Fsp3) is 0.462. The van der Waals surface area contributed by atoms with E-state index < -0.39 is 0 Å². The second kappa shape index (κ2) is 6.46. The first-order valence-corrected chi connectivity index (χ1v) is 6.93. The van der Waals surface area contributed by atoms with E-state index in [-0.39, 0.29) is 18.6 Å². The minimum Gasteiger partial charge on any atom is -0.482 e. The predicted octanol–water partition coefficient (Wildman–Crippen LogP) is 2.32. The zero-order valence-corrected chi connectivity index (χ0v) is 12.0. The van der Waals surface area contributed by atoms with Gasteiger partial charge in [-0.1, -0.05) is 23.2 Å². The zero-order chi connectivity index (χ0) is 13.8. The summed E-state index contributed by atoms with van der Waals surface area (Å²) < 4.78 is 5.42. The topological polar surface area (TPSA) is 55.6 Å². The monoisotopic (exact) mass is 302 g/mol. The molecule has 1 amide bonds. The summed E-state index contributed by atoms with van der Waals surface area (Å²) in [6.45, 7) is 1.28. The summed E-state index contributed by atoms with van der Waals surface area (Å²) in [6.07, 6.45) is 1.90. The molecule has 1 aromatic carbocycles. The lowest BCUT2D eigenvalue weighted by Gasteiger charge is -2.30. The molecule has 1 atom stereocenters. The number of carbonyl (C=O) groups is 1. The number of amides is 1. The van der Waals surface area contributed by atoms with Crippen LogP contribution in [0.15, 0.2) is 18.2 Å². The standard InChI is InChI=1S/C13H16Cl2N2O2/c14-9-3-4-11(15)12(6-9)19-8-13(18)17-5-1-2-10(16)7-17/h3-4,6,10H,1-2,5,7-8,16H2. The number of halogens is 2. The fourth-order valence-corrected chi connectivity index (χ4v) is 2.39. The van der Waals surface area contributed by atoms with Gasteiger partial charge < -0.3 is 15.4 Å². The molecule has 19 heavy (non-hydrogen) atoms. The summed E-state index contributed by atoms with van der Waals surface area (Å²) >= 11 is 11.8. The van der Waals surface area contributed by atoms with Crippen molar-refractivity contribution in [3.63, 3.8) is 0 Å². The van der Waals surface area contributed by atoms with Gasteiger partial charge in [0, 0.05) is 30.2 Å². The second-order valence-electron chi connectivity index (χ2n) is 4.61. The molecule has 1 heterocycles. The third kappa shape index (κ3) is 4.00. The van der Waals surface area contributed by atoms with Crippen LogP contribution in [0.4, 0.5) is 0 Å². The third-order valence-electron chi connectivity index (χ3n) is 3.05. The fourth-order valence-electron chi connectivity index (χ4n) is 2.06. The van der Waals surface area contributed by atoms with Crippen LogP contribution in [0.25, 0.3) is 0 Å². The van der Waals surface area contributed by atoms with Gasteiger partial charge in [0.05, 0.1) is 5.02 Å². The van der Waals surface area contributed by atoms with E-state index in [1.807, 2.05) is 0 Å². The Morgan fingerprint density at radius 3 is 3.00 bits per heavy atom. The molecule has 4 nitrogen and oxygen atoms in total. The highest BCUT2D eigenvalue weighted by atomic mass is 35.5. The van der Waals surface area contributed by atoms with Crippen molar-refractivity contribution in [2.75, 3.05) is 19.7 Å². The van der Waals surface area contributed by atoms with Crippen molar-refractivity contribution >= 4 is 29.1 Å². The maximum Gasteiger partial charge on any atom is 0.260 e. The summed E-state index contributed by atoms with van der Waals surface area (Å²) in [7, 11) is 0. The van der Waals surface area contributed by atoms with E-state index in [0.29, 0.717) is 22.3 Å². The molecule has 0 aliphatic carbocycles. The van der Waals surface area contributed by atoms with Crippen LogP contribution >= 0.6 is 23.2 Å². The minimum atomic E-state index is -0.0776. The van der Waals surface area contributed by atoms with Crippen molar-refractivity contribution in [2.24, 2.45) is 5.73 Å². The highest BCUT2D eigenvalue weighted by molar-refractivity contribution is 6.34. The molecule has 1 unspecified atom stereocenters. The number of nitrogens with two attached hydrogens (primary N) is 1. The van der Waals surface area contributed by atoms with E-state index in [1.54, 1.807) is 23.1 Å². The molecule has 1 aromatic rings. The maximum absolute atomic E-state index is 12.0. The van der Waals surface area contributed by atoms with Gasteiger partial charge in [-0.2, -0.15) is 0 Å². The number of carbonyl (C=O) groups excluding carboxylic acids is 1. The van der Waals surface area contributed by atoms with Gasteiger partial charge in [-0.05, 0) is 25.0 Å². The number of nitrogens with zero attached hydrogens (tertiary/aromatic N) is 1. The Balaban J connectivity index is 1.91. The molecule has 0 aromatic heterocycles. The zero-order valence-electron chi connectivity index (χ0n) is 10.4. The SMILES string of the molecule is NC1CCCN(C(=O)COc2cc(Cl)ccc2Cl)C1. The summed E-state index contributed by atoms with van der Waals surface area (Å²) in [6, 6.07) is 4.97. The highest BCUT2D eigenvalue weighted by Crippen LogP contribution is 2.27. The molecule has 0 spiro atoms. The number of likely N-dealkylation sites (tertiary alicyclic amines) is 1. The van der Waals surface area contributed by atoms with Gasteiger partial charge in [-0.15, -0.1) is 0 Å². The Bertz CT molecular complexity index is 468. The van der Waals surface area contributed by atoms with Gasteiger partial charge in [-0.3, -0.25) is 4.79 Å².